The Morgan fingerprint density at radius 2 is 1.71 bits per heavy atom. The first-order valence-corrected chi connectivity index (χ1v) is 9.79. The van der Waals surface area contributed by atoms with Crippen LogP contribution in [0.4, 0.5) is 26.3 Å². The third kappa shape index (κ3) is 6.00. The van der Waals surface area contributed by atoms with Crippen LogP contribution in [-0.4, -0.2) is 28.5 Å². The van der Waals surface area contributed by atoms with Crippen molar-refractivity contribution in [1.82, 2.24) is 4.57 Å². The van der Waals surface area contributed by atoms with Gasteiger partial charge >= 0.3 is 18.3 Å². The number of aromatic nitrogens is 1. The number of rotatable bonds is 8. The third-order valence-corrected chi connectivity index (χ3v) is 4.73. The highest BCUT2D eigenvalue weighted by Gasteiger charge is 2.36. The summed E-state index contributed by atoms with van der Waals surface area (Å²) in [5.41, 5.74) is -1.83. The molecule has 0 saturated carbocycles. The van der Waals surface area contributed by atoms with Gasteiger partial charge in [0.2, 0.25) is 6.61 Å². The molecule has 12 heteroatoms. The van der Waals surface area contributed by atoms with E-state index in [2.05, 4.69) is 9.99 Å². The van der Waals surface area contributed by atoms with Gasteiger partial charge in [-0.1, -0.05) is 5.16 Å². The molecule has 0 aliphatic carbocycles. The summed E-state index contributed by atoms with van der Waals surface area (Å²) in [5.74, 6) is -1.000. The van der Waals surface area contributed by atoms with Gasteiger partial charge in [0.15, 0.2) is 0 Å². The Hall–Kier alpha value is -3.70. The number of benzene rings is 2. The molecular weight excluding hydrogens is 470 g/mol. The Kier molecular flexibility index (Phi) is 7.08. The number of fused-ring (bicyclic) bond motifs is 1. The highest BCUT2D eigenvalue weighted by molar-refractivity contribution is 5.99. The average Bonchev–Trinajstić information content (AvgIpc) is 3.11. The number of hydrogen-bond acceptors (Lipinski definition) is 4. The minimum Gasteiger partial charge on any atom is -0.489 e. The van der Waals surface area contributed by atoms with Gasteiger partial charge in [-0.25, -0.2) is 4.79 Å². The number of oxime groups is 1. The molecule has 0 radical (unpaired) electrons. The van der Waals surface area contributed by atoms with Crippen LogP contribution in [0.1, 0.15) is 29.2 Å². The summed E-state index contributed by atoms with van der Waals surface area (Å²) in [7, 11) is 0. The molecular formula is C22H18F6N2O4. The number of aryl methyl sites for hydroxylation is 1. The quantitative estimate of drug-likeness (QED) is 0.250. The van der Waals surface area contributed by atoms with Gasteiger partial charge in [0, 0.05) is 29.2 Å². The van der Waals surface area contributed by atoms with E-state index in [0.29, 0.717) is 29.6 Å². The van der Waals surface area contributed by atoms with Crippen molar-refractivity contribution in [2.45, 2.75) is 32.4 Å². The molecule has 34 heavy (non-hydrogen) atoms. The van der Waals surface area contributed by atoms with Gasteiger partial charge < -0.3 is 19.2 Å². The first kappa shape index (κ1) is 24.9. The van der Waals surface area contributed by atoms with Gasteiger partial charge in [-0.15, -0.1) is 0 Å². The molecule has 0 aliphatic heterocycles. The second kappa shape index (κ2) is 9.65. The summed E-state index contributed by atoms with van der Waals surface area (Å²) in [6, 6.07) is 6.04. The van der Waals surface area contributed by atoms with E-state index in [0.717, 1.165) is 5.52 Å². The summed E-state index contributed by atoms with van der Waals surface area (Å²) in [6.45, 7) is 1.31. The zero-order valence-corrected chi connectivity index (χ0v) is 17.6. The number of ether oxygens (including phenoxy) is 1. The fourth-order valence-electron chi connectivity index (χ4n) is 3.21. The highest BCUT2D eigenvalue weighted by atomic mass is 19.4. The second-order valence-electron chi connectivity index (χ2n) is 7.15. The lowest BCUT2D eigenvalue weighted by Gasteiger charge is -2.15. The van der Waals surface area contributed by atoms with Crippen LogP contribution < -0.4 is 4.74 Å². The van der Waals surface area contributed by atoms with E-state index in [-0.39, 0.29) is 17.4 Å². The van der Waals surface area contributed by atoms with Crippen molar-refractivity contribution in [3.8, 4) is 5.75 Å². The van der Waals surface area contributed by atoms with Crippen LogP contribution in [0, 0.1) is 0 Å². The summed E-state index contributed by atoms with van der Waals surface area (Å²) in [6.07, 6.45) is -6.88. The van der Waals surface area contributed by atoms with Crippen LogP contribution in [0.2, 0.25) is 0 Å². The normalized spacial score (nSPS) is 12.4. The molecule has 182 valence electrons. The zero-order valence-electron chi connectivity index (χ0n) is 17.6. The second-order valence-corrected chi connectivity index (χ2v) is 7.15. The van der Waals surface area contributed by atoms with E-state index in [4.69, 9.17) is 9.84 Å². The van der Waals surface area contributed by atoms with Crippen molar-refractivity contribution in [2.75, 3.05) is 6.61 Å². The van der Waals surface area contributed by atoms with Crippen molar-refractivity contribution in [3.05, 3.63) is 64.8 Å². The number of carboxylic acids is 1. The Bertz CT molecular complexity index is 1180. The van der Waals surface area contributed by atoms with Crippen LogP contribution in [0.5, 0.6) is 5.75 Å². The number of alkyl halides is 6. The van der Waals surface area contributed by atoms with Gasteiger partial charge in [0.1, 0.15) is 12.4 Å². The molecule has 3 aromatic rings. The predicted molar refractivity (Wildman–Crippen MR) is 110 cm³/mol. The van der Waals surface area contributed by atoms with E-state index >= 15 is 0 Å². The zero-order chi connectivity index (χ0) is 25.1. The van der Waals surface area contributed by atoms with Crippen LogP contribution in [0.15, 0.2) is 47.8 Å². The summed E-state index contributed by atoms with van der Waals surface area (Å²) in [4.78, 5) is 15.2. The van der Waals surface area contributed by atoms with Crippen molar-refractivity contribution in [1.29, 1.82) is 0 Å². The Morgan fingerprint density at radius 3 is 2.26 bits per heavy atom. The molecule has 2 aromatic carbocycles. The predicted octanol–water partition coefficient (Wildman–Crippen LogP) is 5.71. The van der Waals surface area contributed by atoms with Crippen LogP contribution in [-0.2, 0) is 35.1 Å². The summed E-state index contributed by atoms with van der Waals surface area (Å²) >= 11 is 0. The average molecular weight is 488 g/mol. The first-order valence-electron chi connectivity index (χ1n) is 9.79. The smallest absolute Gasteiger partial charge is 0.416 e. The standard InChI is InChI=1S/C22H18F6N2O4/c1-2-30-10-14(9-29-34-12-20(31)32)18-8-17(3-4-19(18)30)33-11-13-5-15(21(23,24)25)7-16(6-13)22(26,27)28/h3-10H,2,11-12H2,1H3,(H,31,32)/b29-9+. The van der Waals surface area contributed by atoms with Gasteiger partial charge in [-0.3, -0.25) is 0 Å². The van der Waals surface area contributed by atoms with Crippen molar-refractivity contribution in [2.24, 2.45) is 5.16 Å². The Balaban J connectivity index is 1.88. The molecule has 6 nitrogen and oxygen atoms in total. The van der Waals surface area contributed by atoms with Gasteiger partial charge in [-0.05, 0) is 48.9 Å². The SMILES string of the molecule is CCn1cc(/C=N/OCC(=O)O)c2cc(OCc3cc(C(F)(F)F)cc(C(F)(F)F)c3)ccc21. The number of nitrogens with zero attached hydrogens (tertiary/aromatic N) is 2. The topological polar surface area (TPSA) is 73.1 Å². The van der Waals surface area contributed by atoms with Gasteiger partial charge in [-0.2, -0.15) is 26.3 Å². The van der Waals surface area contributed by atoms with Gasteiger partial charge in [0.05, 0.1) is 17.3 Å². The molecule has 0 aliphatic rings. The molecule has 3 rings (SSSR count). The lowest BCUT2D eigenvalue weighted by atomic mass is 10.1. The highest BCUT2D eigenvalue weighted by Crippen LogP contribution is 2.36. The maximum atomic E-state index is 13.1. The van der Waals surface area contributed by atoms with E-state index in [1.807, 2.05) is 11.5 Å². The Morgan fingerprint density at radius 1 is 1.06 bits per heavy atom. The maximum absolute atomic E-state index is 13.1. The molecule has 0 bridgehead atoms. The number of aliphatic carboxylic acids is 1. The van der Waals surface area contributed by atoms with Gasteiger partial charge in [0.25, 0.3) is 0 Å². The largest absolute Gasteiger partial charge is 0.489 e. The monoisotopic (exact) mass is 488 g/mol. The number of hydrogen-bond donors (Lipinski definition) is 1. The minimum atomic E-state index is -4.95. The number of carboxylic acid groups (broad SMARTS) is 1. The van der Waals surface area contributed by atoms with E-state index < -0.39 is 42.7 Å². The summed E-state index contributed by atoms with van der Waals surface area (Å²) in [5, 5.41) is 12.8. The van der Waals surface area contributed by atoms with Crippen LogP contribution >= 0.6 is 0 Å². The lowest BCUT2D eigenvalue weighted by molar-refractivity contribution is -0.144. The lowest BCUT2D eigenvalue weighted by Crippen LogP contribution is -2.12. The fourth-order valence-corrected chi connectivity index (χ4v) is 3.21. The molecule has 1 heterocycles. The van der Waals surface area contributed by atoms with Crippen molar-refractivity contribution >= 4 is 23.1 Å². The van der Waals surface area contributed by atoms with Crippen LogP contribution in [0.3, 0.4) is 0 Å². The third-order valence-electron chi connectivity index (χ3n) is 4.73. The molecule has 0 atom stereocenters. The molecule has 0 saturated heterocycles. The van der Waals surface area contributed by atoms with Crippen LogP contribution in [0.25, 0.3) is 10.9 Å². The molecule has 1 aromatic heterocycles. The summed E-state index contributed by atoms with van der Waals surface area (Å²) < 4.78 is 85.7. The molecule has 1 N–H and O–H groups in total. The van der Waals surface area contributed by atoms with Crippen molar-refractivity contribution < 1.29 is 45.8 Å². The number of halogens is 6. The fraction of sp³-hybridized carbons (Fsp3) is 0.273. The van der Waals surface area contributed by atoms with Crippen molar-refractivity contribution in [3.63, 3.8) is 0 Å². The minimum absolute atomic E-state index is 0.0566. The molecule has 0 fully saturated rings. The number of carbonyl (C=O) groups is 1. The molecule has 0 amide bonds. The molecule has 0 unspecified atom stereocenters. The van der Waals surface area contributed by atoms with E-state index in [1.54, 1.807) is 18.3 Å². The van der Waals surface area contributed by atoms with E-state index in [9.17, 15) is 31.1 Å². The van der Waals surface area contributed by atoms with E-state index in [1.165, 1.54) is 12.3 Å². The maximum Gasteiger partial charge on any atom is 0.416 e. The first-order chi connectivity index (χ1) is 15.9. The Labute approximate surface area is 189 Å². The molecule has 0 spiro atoms.